The Morgan fingerprint density at radius 3 is 2.50 bits per heavy atom. The second-order valence-electron chi connectivity index (χ2n) is 4.87. The van der Waals surface area contributed by atoms with Gasteiger partial charge in [-0.2, -0.15) is 0 Å². The van der Waals surface area contributed by atoms with Crippen LogP contribution in [0.2, 0.25) is 0 Å². The second kappa shape index (κ2) is 4.59. The highest BCUT2D eigenvalue weighted by molar-refractivity contribution is 5.83. The number of aryl methyl sites for hydroxylation is 1. The fraction of sp³-hybridized carbons (Fsp3) is 0.500. The average Bonchev–Trinajstić information content (AvgIpc) is 2.82. The summed E-state index contributed by atoms with van der Waals surface area (Å²) in [6.45, 7) is 1.81. The molecule has 0 saturated heterocycles. The predicted octanol–water partition coefficient (Wildman–Crippen LogP) is 3.04. The summed E-state index contributed by atoms with van der Waals surface area (Å²) in [4.78, 5) is 11.7. The third-order valence-electron chi connectivity index (χ3n) is 3.87. The van der Waals surface area contributed by atoms with Gasteiger partial charge in [0.2, 0.25) is 0 Å². The lowest BCUT2D eigenvalue weighted by molar-refractivity contribution is -0.143. The fourth-order valence-corrected chi connectivity index (χ4v) is 3.00. The Morgan fingerprint density at radius 1 is 1.39 bits per heavy atom. The van der Waals surface area contributed by atoms with Gasteiger partial charge in [-0.3, -0.25) is 4.79 Å². The fourth-order valence-electron chi connectivity index (χ4n) is 3.00. The lowest BCUT2D eigenvalue weighted by atomic mass is 9.76. The number of carbonyl (C=O) groups is 1. The van der Waals surface area contributed by atoms with Gasteiger partial charge in [0.15, 0.2) is 11.6 Å². The molecule has 0 unspecified atom stereocenters. The third kappa shape index (κ3) is 1.76. The molecule has 1 aromatic rings. The second-order valence-corrected chi connectivity index (χ2v) is 4.87. The van der Waals surface area contributed by atoms with Crippen LogP contribution in [0.25, 0.3) is 0 Å². The molecule has 1 N–H and O–H groups in total. The van der Waals surface area contributed by atoms with Crippen molar-refractivity contribution in [3.8, 4) is 5.75 Å². The minimum Gasteiger partial charge on any atom is -0.493 e. The van der Waals surface area contributed by atoms with E-state index in [9.17, 15) is 14.3 Å². The standard InChI is InChI=1S/C14H17FO3/c1-9-5-6-10(15)12(18-2)11(9)14(13(16)17)7-3-4-8-14/h5-6H,3-4,7-8H2,1-2H3,(H,16,17). The van der Waals surface area contributed by atoms with Crippen molar-refractivity contribution in [2.75, 3.05) is 7.11 Å². The lowest BCUT2D eigenvalue weighted by Gasteiger charge is -2.28. The minimum atomic E-state index is -0.989. The lowest BCUT2D eigenvalue weighted by Crippen LogP contribution is -2.34. The molecule has 0 spiro atoms. The molecule has 0 radical (unpaired) electrons. The summed E-state index contributed by atoms with van der Waals surface area (Å²) in [7, 11) is 1.38. The molecule has 2 rings (SSSR count). The van der Waals surface area contributed by atoms with Crippen molar-refractivity contribution in [1.29, 1.82) is 0 Å². The summed E-state index contributed by atoms with van der Waals surface area (Å²) in [5.74, 6) is -1.29. The number of ether oxygens (including phenoxy) is 1. The molecule has 3 nitrogen and oxygen atoms in total. The number of halogens is 1. The molecule has 0 heterocycles. The van der Waals surface area contributed by atoms with Crippen LogP contribution in [-0.4, -0.2) is 18.2 Å². The Hall–Kier alpha value is -1.58. The number of hydrogen-bond acceptors (Lipinski definition) is 2. The van der Waals surface area contributed by atoms with Crippen LogP contribution in [-0.2, 0) is 10.2 Å². The molecular weight excluding hydrogens is 235 g/mol. The van der Waals surface area contributed by atoms with E-state index in [1.54, 1.807) is 13.0 Å². The summed E-state index contributed by atoms with van der Waals surface area (Å²) < 4.78 is 18.9. The molecule has 1 aliphatic carbocycles. The van der Waals surface area contributed by atoms with Gasteiger partial charge in [-0.25, -0.2) is 4.39 Å². The number of hydrogen-bond donors (Lipinski definition) is 1. The van der Waals surface area contributed by atoms with Gasteiger partial charge in [-0.1, -0.05) is 18.9 Å². The van der Waals surface area contributed by atoms with Gasteiger partial charge >= 0.3 is 5.97 Å². The van der Waals surface area contributed by atoms with Crippen LogP contribution >= 0.6 is 0 Å². The number of carboxylic acid groups (broad SMARTS) is 1. The molecule has 1 aromatic carbocycles. The van der Waals surface area contributed by atoms with Crippen LogP contribution < -0.4 is 4.74 Å². The van der Waals surface area contributed by atoms with Gasteiger partial charge in [0.05, 0.1) is 12.5 Å². The van der Waals surface area contributed by atoms with E-state index in [0.29, 0.717) is 18.4 Å². The molecular formula is C14H17FO3. The van der Waals surface area contributed by atoms with E-state index >= 15 is 0 Å². The van der Waals surface area contributed by atoms with E-state index in [1.807, 2.05) is 0 Å². The van der Waals surface area contributed by atoms with E-state index in [4.69, 9.17) is 4.74 Å². The molecule has 1 saturated carbocycles. The van der Waals surface area contributed by atoms with Gasteiger partial charge in [-0.05, 0) is 31.4 Å². The van der Waals surface area contributed by atoms with Crippen molar-refractivity contribution in [3.63, 3.8) is 0 Å². The van der Waals surface area contributed by atoms with Crippen LogP contribution in [0.4, 0.5) is 4.39 Å². The first-order chi connectivity index (χ1) is 8.53. The van der Waals surface area contributed by atoms with Crippen molar-refractivity contribution in [2.24, 2.45) is 0 Å². The van der Waals surface area contributed by atoms with Crippen LogP contribution in [0.3, 0.4) is 0 Å². The van der Waals surface area contributed by atoms with Crippen LogP contribution in [0.15, 0.2) is 12.1 Å². The summed E-state index contributed by atoms with van der Waals surface area (Å²) in [5, 5.41) is 9.57. The van der Waals surface area contributed by atoms with Crippen LogP contribution in [0.5, 0.6) is 5.75 Å². The average molecular weight is 252 g/mol. The summed E-state index contributed by atoms with van der Waals surface area (Å²) in [6, 6.07) is 2.94. The molecule has 4 heteroatoms. The highest BCUT2D eigenvalue weighted by Gasteiger charge is 2.46. The highest BCUT2D eigenvalue weighted by atomic mass is 19.1. The summed E-state index contributed by atoms with van der Waals surface area (Å²) >= 11 is 0. The first kappa shape index (κ1) is 12.9. The molecule has 1 aliphatic rings. The van der Waals surface area contributed by atoms with E-state index in [1.165, 1.54) is 13.2 Å². The summed E-state index contributed by atoms with van der Waals surface area (Å²) in [6.07, 6.45) is 2.79. The number of aliphatic carboxylic acids is 1. The zero-order valence-corrected chi connectivity index (χ0v) is 10.6. The van der Waals surface area contributed by atoms with Crippen molar-refractivity contribution in [3.05, 3.63) is 29.1 Å². The van der Waals surface area contributed by atoms with E-state index in [-0.39, 0.29) is 5.75 Å². The molecule has 18 heavy (non-hydrogen) atoms. The van der Waals surface area contributed by atoms with E-state index in [2.05, 4.69) is 0 Å². The monoisotopic (exact) mass is 252 g/mol. The molecule has 0 atom stereocenters. The zero-order valence-electron chi connectivity index (χ0n) is 10.6. The van der Waals surface area contributed by atoms with Crippen molar-refractivity contribution < 1.29 is 19.0 Å². The van der Waals surface area contributed by atoms with Gasteiger partial charge in [0.25, 0.3) is 0 Å². The van der Waals surface area contributed by atoms with E-state index in [0.717, 1.165) is 18.4 Å². The quantitative estimate of drug-likeness (QED) is 0.899. The largest absolute Gasteiger partial charge is 0.493 e. The van der Waals surface area contributed by atoms with Gasteiger partial charge in [0.1, 0.15) is 0 Å². The predicted molar refractivity (Wildman–Crippen MR) is 65.5 cm³/mol. The molecule has 98 valence electrons. The number of carboxylic acids is 1. The molecule has 1 fully saturated rings. The van der Waals surface area contributed by atoms with Crippen molar-refractivity contribution in [2.45, 2.75) is 38.0 Å². The first-order valence-electron chi connectivity index (χ1n) is 6.10. The van der Waals surface area contributed by atoms with Crippen molar-refractivity contribution in [1.82, 2.24) is 0 Å². The van der Waals surface area contributed by atoms with Gasteiger partial charge in [0, 0.05) is 5.56 Å². The molecule has 0 aliphatic heterocycles. The Bertz CT molecular complexity index is 476. The highest BCUT2D eigenvalue weighted by Crippen LogP contribution is 2.47. The molecule has 0 bridgehead atoms. The maximum Gasteiger partial charge on any atom is 0.314 e. The first-order valence-corrected chi connectivity index (χ1v) is 6.10. The SMILES string of the molecule is COc1c(F)ccc(C)c1C1(C(=O)O)CCCC1. The van der Waals surface area contributed by atoms with Gasteiger partial charge < -0.3 is 9.84 Å². The number of methoxy groups -OCH3 is 1. The van der Waals surface area contributed by atoms with Gasteiger partial charge in [-0.15, -0.1) is 0 Å². The maximum absolute atomic E-state index is 13.8. The normalized spacial score (nSPS) is 17.7. The maximum atomic E-state index is 13.8. The van der Waals surface area contributed by atoms with Crippen LogP contribution in [0.1, 0.15) is 36.8 Å². The molecule has 0 amide bonds. The number of benzene rings is 1. The smallest absolute Gasteiger partial charge is 0.314 e. The zero-order chi connectivity index (χ0) is 13.3. The van der Waals surface area contributed by atoms with Crippen molar-refractivity contribution >= 4 is 5.97 Å². The Morgan fingerprint density at radius 2 is 2.00 bits per heavy atom. The Labute approximate surface area is 106 Å². The Balaban J connectivity index is 2.68. The Kier molecular flexibility index (Phi) is 3.28. The third-order valence-corrected chi connectivity index (χ3v) is 3.87. The van der Waals surface area contributed by atoms with E-state index < -0.39 is 17.2 Å². The summed E-state index contributed by atoms with van der Waals surface area (Å²) in [5.41, 5.74) is 0.296. The molecule has 0 aromatic heterocycles. The number of rotatable bonds is 3. The van der Waals surface area contributed by atoms with Crippen LogP contribution in [0, 0.1) is 12.7 Å². The minimum absolute atomic E-state index is 0.0827. The topological polar surface area (TPSA) is 46.5 Å².